The zero-order valence-electron chi connectivity index (χ0n) is 21.7. The molecule has 0 aromatic carbocycles. The minimum absolute atomic E-state index is 0.0987. The summed E-state index contributed by atoms with van der Waals surface area (Å²) in [4.78, 5) is 27.6. The molecule has 0 unspecified atom stereocenters. The summed E-state index contributed by atoms with van der Waals surface area (Å²) in [6.45, 7) is 4.99. The van der Waals surface area contributed by atoms with E-state index in [2.05, 4.69) is 20.0 Å². The van der Waals surface area contributed by atoms with Gasteiger partial charge in [0.2, 0.25) is 5.88 Å². The van der Waals surface area contributed by atoms with Gasteiger partial charge in [0.15, 0.2) is 5.82 Å². The molecular weight excluding hydrogens is 499 g/mol. The minimum Gasteiger partial charge on any atom is -0.480 e. The number of rotatable bonds is 5. The topological polar surface area (TPSA) is 79.6 Å². The fraction of sp³-hybridized carbons (Fsp3) is 0.462. The van der Waals surface area contributed by atoms with Crippen molar-refractivity contribution >= 4 is 17.5 Å². The van der Waals surface area contributed by atoms with Gasteiger partial charge in [-0.05, 0) is 50.5 Å². The number of hydrogen-bond acceptors (Lipinski definition) is 6. The van der Waals surface area contributed by atoms with E-state index in [0.717, 1.165) is 22.9 Å². The molecule has 0 bridgehead atoms. The number of amides is 2. The Bertz CT molecular complexity index is 1330. The summed E-state index contributed by atoms with van der Waals surface area (Å²) in [5.41, 5.74) is 1.72. The number of nitrogens with zero attached hydrogens (tertiary/aromatic N) is 7. The predicted octanol–water partition coefficient (Wildman–Crippen LogP) is 4.72. The molecule has 0 saturated carbocycles. The van der Waals surface area contributed by atoms with Crippen LogP contribution in [0.5, 0.6) is 5.88 Å². The normalized spacial score (nSPS) is 18.7. The molecule has 5 rings (SSSR count). The van der Waals surface area contributed by atoms with E-state index in [4.69, 9.17) is 4.74 Å². The lowest BCUT2D eigenvalue weighted by molar-refractivity contribution is -0.138. The van der Waals surface area contributed by atoms with Crippen molar-refractivity contribution in [2.75, 3.05) is 30.0 Å². The highest BCUT2D eigenvalue weighted by Gasteiger charge is 2.43. The van der Waals surface area contributed by atoms with Gasteiger partial charge in [0.25, 0.3) is 0 Å². The zero-order chi connectivity index (χ0) is 27.2. The summed E-state index contributed by atoms with van der Waals surface area (Å²) in [6.07, 6.45) is 1.64. The number of carbonyl (C=O) groups excluding carboxylic acids is 1. The molecule has 0 spiro atoms. The first-order chi connectivity index (χ1) is 18.1. The van der Waals surface area contributed by atoms with Gasteiger partial charge in [0, 0.05) is 50.3 Å². The van der Waals surface area contributed by atoms with Gasteiger partial charge < -0.3 is 14.5 Å². The number of hydrogen-bond donors (Lipinski definition) is 0. The van der Waals surface area contributed by atoms with Crippen molar-refractivity contribution in [3.8, 4) is 5.88 Å². The maximum absolute atomic E-state index is 13.9. The molecule has 0 aliphatic carbocycles. The van der Waals surface area contributed by atoms with Gasteiger partial charge in [-0.1, -0.05) is 0 Å². The van der Waals surface area contributed by atoms with Crippen LogP contribution in [0, 0.1) is 6.92 Å². The molecule has 12 heteroatoms. The van der Waals surface area contributed by atoms with Gasteiger partial charge in [-0.2, -0.15) is 18.3 Å². The number of anilines is 2. The molecule has 9 nitrogen and oxygen atoms in total. The number of methoxy groups -OCH3 is 1. The first-order valence-corrected chi connectivity index (χ1v) is 12.5. The Morgan fingerprint density at radius 1 is 1.13 bits per heavy atom. The van der Waals surface area contributed by atoms with Crippen molar-refractivity contribution in [3.05, 3.63) is 59.2 Å². The second-order valence-electron chi connectivity index (χ2n) is 9.73. The molecule has 3 aromatic heterocycles. The Balaban J connectivity index is 1.43. The average Bonchev–Trinajstić information content (AvgIpc) is 3.28. The van der Waals surface area contributed by atoms with Crippen LogP contribution in [0.4, 0.5) is 29.5 Å². The number of urea groups is 1. The second kappa shape index (κ2) is 9.80. The van der Waals surface area contributed by atoms with E-state index >= 15 is 0 Å². The third-order valence-corrected chi connectivity index (χ3v) is 7.37. The fourth-order valence-electron chi connectivity index (χ4n) is 5.56. The third kappa shape index (κ3) is 4.52. The number of pyridine rings is 2. The Morgan fingerprint density at radius 2 is 1.87 bits per heavy atom. The van der Waals surface area contributed by atoms with Crippen LogP contribution in [-0.2, 0) is 19.8 Å². The molecule has 0 radical (unpaired) electrons. The highest BCUT2D eigenvalue weighted by atomic mass is 19.4. The van der Waals surface area contributed by atoms with Crippen LogP contribution in [0.1, 0.15) is 48.2 Å². The molecule has 202 valence electrons. The van der Waals surface area contributed by atoms with Crippen LogP contribution < -0.4 is 14.5 Å². The monoisotopic (exact) mass is 529 g/mol. The smallest absolute Gasteiger partial charge is 0.418 e. The molecule has 1 atom stereocenters. The summed E-state index contributed by atoms with van der Waals surface area (Å²) >= 11 is 0. The van der Waals surface area contributed by atoms with Gasteiger partial charge in [-0.3, -0.25) is 14.6 Å². The number of aryl methyl sites for hydroxylation is 2. The van der Waals surface area contributed by atoms with E-state index in [9.17, 15) is 18.0 Å². The fourth-order valence-corrected chi connectivity index (χ4v) is 5.56. The number of ether oxygens (including phenoxy) is 1. The first kappa shape index (κ1) is 25.8. The summed E-state index contributed by atoms with van der Waals surface area (Å²) in [5, 5.41) is 4.44. The second-order valence-corrected chi connectivity index (χ2v) is 9.73. The van der Waals surface area contributed by atoms with E-state index in [1.165, 1.54) is 17.2 Å². The average molecular weight is 530 g/mol. The van der Waals surface area contributed by atoms with Crippen molar-refractivity contribution in [3.63, 3.8) is 0 Å². The van der Waals surface area contributed by atoms with Crippen molar-refractivity contribution in [1.82, 2.24) is 24.6 Å². The van der Waals surface area contributed by atoms with Gasteiger partial charge in [0.05, 0.1) is 31.0 Å². The molecular formula is C26H30F3N7O2. The Morgan fingerprint density at radius 3 is 2.55 bits per heavy atom. The molecule has 2 aliphatic heterocycles. The molecule has 2 amide bonds. The van der Waals surface area contributed by atoms with E-state index in [1.807, 2.05) is 26.1 Å². The number of halogens is 3. The number of alkyl halides is 3. The molecule has 5 heterocycles. The maximum Gasteiger partial charge on any atom is 0.418 e. The summed E-state index contributed by atoms with van der Waals surface area (Å²) in [7, 11) is 3.33. The summed E-state index contributed by atoms with van der Waals surface area (Å²) in [6, 6.07) is 3.43. The lowest BCUT2D eigenvalue weighted by Crippen LogP contribution is -2.55. The van der Waals surface area contributed by atoms with E-state index < -0.39 is 11.7 Å². The molecule has 1 fully saturated rings. The Hall–Kier alpha value is -3.83. The van der Waals surface area contributed by atoms with Crippen LogP contribution >= 0.6 is 0 Å². The lowest BCUT2D eigenvalue weighted by Gasteiger charge is -2.46. The van der Waals surface area contributed by atoms with Crippen LogP contribution in [-0.4, -0.2) is 56.9 Å². The lowest BCUT2D eigenvalue weighted by atomic mass is 9.97. The van der Waals surface area contributed by atoms with Crippen molar-refractivity contribution < 1.29 is 22.7 Å². The SMILES string of the molecule is COc1nccc(C)c1N1CCC(N2C(=O)N(Cc3ncccc3C(F)(F)F)c3nn(C)cc3[C@@H]2C)CC1. The number of aromatic nitrogens is 4. The van der Waals surface area contributed by atoms with Gasteiger partial charge in [-0.25, -0.2) is 9.78 Å². The highest BCUT2D eigenvalue weighted by Crippen LogP contribution is 2.41. The number of piperidine rings is 1. The highest BCUT2D eigenvalue weighted by molar-refractivity contribution is 5.94. The van der Waals surface area contributed by atoms with E-state index in [1.54, 1.807) is 29.9 Å². The first-order valence-electron chi connectivity index (χ1n) is 12.5. The van der Waals surface area contributed by atoms with Gasteiger partial charge in [0.1, 0.15) is 5.69 Å². The standard InChI is InChI=1S/C26H30F3N7O2/c1-16-7-11-31-24(38-4)22(16)34-12-8-18(9-13-34)36-17(2)19-14-33(3)32-23(19)35(25(36)37)15-21-20(26(27,28)29)6-5-10-30-21/h5-7,10-11,14,17-18H,8-9,12-13,15H2,1-4H3/t17-/m0/s1. The molecule has 0 N–H and O–H groups in total. The Labute approximate surface area is 218 Å². The van der Waals surface area contributed by atoms with Gasteiger partial charge in [-0.15, -0.1) is 0 Å². The molecule has 2 aliphatic rings. The van der Waals surface area contributed by atoms with Crippen LogP contribution in [0.2, 0.25) is 0 Å². The third-order valence-electron chi connectivity index (χ3n) is 7.37. The van der Waals surface area contributed by atoms with Crippen LogP contribution in [0.3, 0.4) is 0 Å². The zero-order valence-corrected chi connectivity index (χ0v) is 21.7. The summed E-state index contributed by atoms with van der Waals surface area (Å²) < 4.78 is 48.2. The van der Waals surface area contributed by atoms with Crippen molar-refractivity contribution in [2.45, 2.75) is 51.5 Å². The van der Waals surface area contributed by atoms with Crippen molar-refractivity contribution in [2.24, 2.45) is 7.05 Å². The maximum atomic E-state index is 13.9. The van der Waals surface area contributed by atoms with E-state index in [-0.39, 0.29) is 30.4 Å². The summed E-state index contributed by atoms with van der Waals surface area (Å²) in [5.74, 6) is 0.932. The Kier molecular flexibility index (Phi) is 6.66. The minimum atomic E-state index is -4.58. The van der Waals surface area contributed by atoms with Crippen LogP contribution in [0.25, 0.3) is 0 Å². The number of carbonyl (C=O) groups is 1. The number of fused-ring (bicyclic) bond motifs is 1. The predicted molar refractivity (Wildman–Crippen MR) is 135 cm³/mol. The molecule has 38 heavy (non-hydrogen) atoms. The quantitative estimate of drug-likeness (QED) is 0.476. The van der Waals surface area contributed by atoms with Gasteiger partial charge >= 0.3 is 12.2 Å². The molecule has 1 saturated heterocycles. The largest absolute Gasteiger partial charge is 0.480 e. The van der Waals surface area contributed by atoms with Crippen LogP contribution in [0.15, 0.2) is 36.8 Å². The van der Waals surface area contributed by atoms with E-state index in [0.29, 0.717) is 37.6 Å². The van der Waals surface area contributed by atoms with Crippen molar-refractivity contribution in [1.29, 1.82) is 0 Å². The molecule has 3 aromatic rings.